The van der Waals surface area contributed by atoms with Gasteiger partial charge in [-0.1, -0.05) is 39.1 Å². The van der Waals surface area contributed by atoms with Crippen LogP contribution in [0.2, 0.25) is 10.0 Å². The first-order chi connectivity index (χ1) is 13.3. The number of ether oxygens (including phenoxy) is 1. The molecule has 1 aliphatic rings. The van der Waals surface area contributed by atoms with Crippen molar-refractivity contribution < 1.29 is 19.1 Å². The number of benzene rings is 2. The molecule has 2 aromatic rings. The molecule has 28 heavy (non-hydrogen) atoms. The van der Waals surface area contributed by atoms with E-state index in [9.17, 15) is 14.4 Å². The van der Waals surface area contributed by atoms with Crippen LogP contribution in [0.3, 0.4) is 0 Å². The van der Waals surface area contributed by atoms with Crippen molar-refractivity contribution in [1.29, 1.82) is 0 Å². The molecule has 3 rings (SSSR count). The molecule has 1 fully saturated rings. The number of urea groups is 2. The number of hydrogen-bond donors (Lipinski definition) is 2. The Kier molecular flexibility index (Phi) is 6.43. The average molecular weight is 487 g/mol. The molecule has 0 atom stereocenters. The fourth-order valence-electron chi connectivity index (χ4n) is 2.52. The highest BCUT2D eigenvalue weighted by molar-refractivity contribution is 9.10. The van der Waals surface area contributed by atoms with E-state index in [4.69, 9.17) is 27.9 Å². The summed E-state index contributed by atoms with van der Waals surface area (Å²) in [6, 6.07) is 9.63. The highest BCUT2D eigenvalue weighted by Crippen LogP contribution is 2.26. The van der Waals surface area contributed by atoms with Crippen molar-refractivity contribution in [3.8, 4) is 0 Å². The maximum Gasteiger partial charge on any atom is 0.338 e. The molecular formula is C18H14BrCl2N3O4. The van der Waals surface area contributed by atoms with Crippen molar-refractivity contribution in [3.05, 3.63) is 62.5 Å². The molecule has 4 amide bonds. The summed E-state index contributed by atoms with van der Waals surface area (Å²) in [5.41, 5.74) is 0.580. The molecule has 0 bridgehead atoms. The number of amides is 4. The van der Waals surface area contributed by atoms with Crippen molar-refractivity contribution in [2.45, 2.75) is 6.10 Å². The predicted octanol–water partition coefficient (Wildman–Crippen LogP) is 4.22. The topological polar surface area (TPSA) is 87.7 Å². The van der Waals surface area contributed by atoms with Crippen LogP contribution in [0.15, 0.2) is 46.9 Å². The molecule has 10 heteroatoms. The quantitative estimate of drug-likeness (QED) is 0.635. The van der Waals surface area contributed by atoms with Crippen molar-refractivity contribution in [3.63, 3.8) is 0 Å². The number of anilines is 1. The Morgan fingerprint density at radius 2 is 1.54 bits per heavy atom. The third kappa shape index (κ3) is 4.95. The standard InChI is InChI=1S/C18H14BrCl2N3O4/c19-11-3-1-10(2-4-11)16(25)28-15-8-22-17(26)24(18(27)23-9-15)14-6-12(20)5-13(21)7-14/h1-7,15H,8-9H2,(H,22,26)(H,23,27). The first-order valence-electron chi connectivity index (χ1n) is 8.12. The van der Waals surface area contributed by atoms with E-state index in [0.29, 0.717) is 5.56 Å². The highest BCUT2D eigenvalue weighted by Gasteiger charge is 2.29. The lowest BCUT2D eigenvalue weighted by molar-refractivity contribution is 0.0309. The van der Waals surface area contributed by atoms with Crippen LogP contribution in [-0.2, 0) is 4.74 Å². The lowest BCUT2D eigenvalue weighted by Gasteiger charge is -2.28. The Hall–Kier alpha value is -2.29. The molecule has 0 saturated carbocycles. The summed E-state index contributed by atoms with van der Waals surface area (Å²) in [5, 5.41) is 5.71. The first-order valence-corrected chi connectivity index (χ1v) is 9.67. The number of esters is 1. The van der Waals surface area contributed by atoms with E-state index in [2.05, 4.69) is 26.6 Å². The number of nitrogens with one attached hydrogen (secondary N) is 2. The van der Waals surface area contributed by atoms with Crippen molar-refractivity contribution in [2.24, 2.45) is 0 Å². The van der Waals surface area contributed by atoms with Gasteiger partial charge in [-0.15, -0.1) is 0 Å². The number of halogens is 3. The zero-order valence-electron chi connectivity index (χ0n) is 14.2. The van der Waals surface area contributed by atoms with Gasteiger partial charge in [-0.3, -0.25) is 0 Å². The summed E-state index contributed by atoms with van der Waals surface area (Å²) in [6.07, 6.45) is -0.728. The van der Waals surface area contributed by atoms with Gasteiger partial charge in [0.05, 0.1) is 24.3 Å². The van der Waals surface area contributed by atoms with Crippen LogP contribution in [-0.4, -0.2) is 37.2 Å². The molecule has 2 N–H and O–H groups in total. The van der Waals surface area contributed by atoms with Crippen LogP contribution in [0.1, 0.15) is 10.4 Å². The maximum absolute atomic E-state index is 12.5. The Morgan fingerprint density at radius 3 is 2.07 bits per heavy atom. The number of nitrogens with zero attached hydrogens (tertiary/aromatic N) is 1. The minimum absolute atomic E-state index is 0.0200. The van der Waals surface area contributed by atoms with Crippen molar-refractivity contribution in [2.75, 3.05) is 18.0 Å². The van der Waals surface area contributed by atoms with Crippen LogP contribution in [0.4, 0.5) is 15.3 Å². The number of rotatable bonds is 3. The molecule has 0 aliphatic carbocycles. The second kappa shape index (κ2) is 8.81. The summed E-state index contributed by atoms with van der Waals surface area (Å²) in [7, 11) is 0. The minimum Gasteiger partial charge on any atom is -0.455 e. The van der Waals surface area contributed by atoms with Gasteiger partial charge in [-0.25, -0.2) is 19.3 Å². The summed E-state index contributed by atoms with van der Waals surface area (Å²) >= 11 is 15.2. The SMILES string of the molecule is O=C(OC1CNC(=O)N(c2cc(Cl)cc(Cl)c2)C(=O)NC1)c1ccc(Br)cc1. The molecule has 7 nitrogen and oxygen atoms in total. The smallest absolute Gasteiger partial charge is 0.338 e. The Labute approximate surface area is 179 Å². The van der Waals surface area contributed by atoms with E-state index in [-0.39, 0.29) is 28.8 Å². The van der Waals surface area contributed by atoms with Crippen LogP contribution in [0, 0.1) is 0 Å². The zero-order valence-corrected chi connectivity index (χ0v) is 17.3. The third-order valence-electron chi connectivity index (χ3n) is 3.83. The largest absolute Gasteiger partial charge is 0.455 e. The van der Waals surface area contributed by atoms with Gasteiger partial charge in [0.25, 0.3) is 0 Å². The normalized spacial score (nSPS) is 15.3. The van der Waals surface area contributed by atoms with E-state index in [0.717, 1.165) is 9.37 Å². The molecule has 1 aliphatic heterocycles. The second-order valence-corrected chi connectivity index (χ2v) is 7.66. The van der Waals surface area contributed by atoms with E-state index in [1.807, 2.05) is 0 Å². The molecule has 2 aromatic carbocycles. The van der Waals surface area contributed by atoms with Crippen molar-refractivity contribution in [1.82, 2.24) is 10.6 Å². The predicted molar refractivity (Wildman–Crippen MR) is 109 cm³/mol. The Bertz CT molecular complexity index is 883. The molecule has 0 unspecified atom stereocenters. The fourth-order valence-corrected chi connectivity index (χ4v) is 3.30. The van der Waals surface area contributed by atoms with Crippen LogP contribution in [0.25, 0.3) is 0 Å². The average Bonchev–Trinajstić information content (AvgIpc) is 2.62. The number of carbonyl (C=O) groups excluding carboxylic acids is 3. The highest BCUT2D eigenvalue weighted by atomic mass is 79.9. The molecule has 0 spiro atoms. The first kappa shape index (κ1) is 20.4. The lowest BCUT2D eigenvalue weighted by Crippen LogP contribution is -2.56. The van der Waals surface area contributed by atoms with Gasteiger partial charge in [0.15, 0.2) is 0 Å². The Balaban J connectivity index is 1.70. The van der Waals surface area contributed by atoms with Gasteiger partial charge in [0.2, 0.25) is 0 Å². The molecule has 1 heterocycles. The van der Waals surface area contributed by atoms with Gasteiger partial charge in [-0.05, 0) is 42.5 Å². The lowest BCUT2D eigenvalue weighted by atomic mass is 10.2. The van der Waals surface area contributed by atoms with Gasteiger partial charge in [0.1, 0.15) is 6.10 Å². The van der Waals surface area contributed by atoms with Gasteiger partial charge in [-0.2, -0.15) is 0 Å². The monoisotopic (exact) mass is 485 g/mol. The third-order valence-corrected chi connectivity index (χ3v) is 4.79. The Morgan fingerprint density at radius 1 is 1.00 bits per heavy atom. The van der Waals surface area contributed by atoms with E-state index in [1.54, 1.807) is 24.3 Å². The maximum atomic E-state index is 12.5. The summed E-state index contributed by atoms with van der Waals surface area (Å²) < 4.78 is 6.21. The van der Waals surface area contributed by atoms with Crippen molar-refractivity contribution >= 4 is 62.9 Å². The fraction of sp³-hybridized carbons (Fsp3) is 0.167. The molecule has 0 radical (unpaired) electrons. The van der Waals surface area contributed by atoms with Crippen LogP contribution < -0.4 is 15.5 Å². The molecular weight excluding hydrogens is 473 g/mol. The summed E-state index contributed by atoms with van der Waals surface area (Å²) in [4.78, 5) is 38.0. The van der Waals surface area contributed by atoms with Crippen LogP contribution >= 0.6 is 39.1 Å². The minimum atomic E-state index is -0.728. The van der Waals surface area contributed by atoms with Gasteiger partial charge < -0.3 is 15.4 Å². The molecule has 0 aromatic heterocycles. The number of imide groups is 1. The zero-order chi connectivity index (χ0) is 20.3. The molecule has 1 saturated heterocycles. The summed E-state index contributed by atoms with van der Waals surface area (Å²) in [5.74, 6) is -0.556. The summed E-state index contributed by atoms with van der Waals surface area (Å²) in [6.45, 7) is 0.0400. The molecule has 146 valence electrons. The van der Waals surface area contributed by atoms with Crippen LogP contribution in [0.5, 0.6) is 0 Å². The van der Waals surface area contributed by atoms with Gasteiger partial charge >= 0.3 is 18.0 Å². The second-order valence-electron chi connectivity index (χ2n) is 5.87. The number of hydrogen-bond acceptors (Lipinski definition) is 4. The van der Waals surface area contributed by atoms with E-state index < -0.39 is 24.1 Å². The van der Waals surface area contributed by atoms with Gasteiger partial charge in [0, 0.05) is 14.5 Å². The van der Waals surface area contributed by atoms with E-state index in [1.165, 1.54) is 18.2 Å². The number of carbonyl (C=O) groups is 3. The van der Waals surface area contributed by atoms with E-state index >= 15 is 0 Å².